The van der Waals surface area contributed by atoms with E-state index >= 15 is 0 Å². The molecular weight excluding hydrogens is 204 g/mol. The first-order valence-electron chi connectivity index (χ1n) is 4.38. The largest absolute Gasteiger partial charge is 0.381 e. The predicted octanol–water partition coefficient (Wildman–Crippen LogP) is 0.197. The van der Waals surface area contributed by atoms with Gasteiger partial charge in [0.2, 0.25) is 10.0 Å². The Kier molecular flexibility index (Phi) is 5.69. The molecule has 0 aromatic carbocycles. The van der Waals surface area contributed by atoms with Crippen LogP contribution in [-0.2, 0) is 14.8 Å². The van der Waals surface area contributed by atoms with Gasteiger partial charge in [-0.2, -0.15) is 9.57 Å². The summed E-state index contributed by atoms with van der Waals surface area (Å²) in [6, 6.07) is 1.23. The van der Waals surface area contributed by atoms with Crippen LogP contribution in [0.3, 0.4) is 0 Å². The summed E-state index contributed by atoms with van der Waals surface area (Å²) in [6.45, 7) is 4.00. The van der Waals surface area contributed by atoms with Gasteiger partial charge in [-0.3, -0.25) is 0 Å². The maximum Gasteiger partial charge on any atom is 0.217 e. The predicted molar refractivity (Wildman–Crippen MR) is 53.1 cm³/mol. The molecule has 6 heteroatoms. The minimum Gasteiger partial charge on any atom is -0.381 e. The van der Waals surface area contributed by atoms with E-state index in [0.717, 1.165) is 4.31 Å². The molecule has 0 aromatic heterocycles. The number of rotatable bonds is 6. The van der Waals surface area contributed by atoms with Crippen LogP contribution in [0.4, 0.5) is 0 Å². The van der Waals surface area contributed by atoms with Crippen LogP contribution in [0.1, 0.15) is 13.8 Å². The SMILES string of the molecule is CCOCCS(=O)(=O)N(C)C(C)C#N. The zero-order chi connectivity index (χ0) is 11.2. The summed E-state index contributed by atoms with van der Waals surface area (Å²) in [5.74, 6) is -0.0800. The summed E-state index contributed by atoms with van der Waals surface area (Å²) in [4.78, 5) is 0. The zero-order valence-corrected chi connectivity index (χ0v) is 9.54. The highest BCUT2D eigenvalue weighted by atomic mass is 32.2. The lowest BCUT2D eigenvalue weighted by Gasteiger charge is -2.18. The van der Waals surface area contributed by atoms with Crippen molar-refractivity contribution in [1.29, 1.82) is 5.26 Å². The number of ether oxygens (including phenoxy) is 1. The van der Waals surface area contributed by atoms with E-state index in [1.165, 1.54) is 14.0 Å². The molecule has 1 atom stereocenters. The average Bonchev–Trinajstić information content (AvgIpc) is 2.15. The molecule has 82 valence electrons. The van der Waals surface area contributed by atoms with Crippen molar-refractivity contribution in [2.24, 2.45) is 0 Å². The van der Waals surface area contributed by atoms with Gasteiger partial charge in [-0.25, -0.2) is 8.42 Å². The van der Waals surface area contributed by atoms with Crippen LogP contribution >= 0.6 is 0 Å². The normalized spacial score (nSPS) is 13.9. The summed E-state index contributed by atoms with van der Waals surface area (Å²) in [5.41, 5.74) is 0. The molecule has 0 fully saturated rings. The topological polar surface area (TPSA) is 70.4 Å². The Hall–Kier alpha value is -0.640. The Labute approximate surface area is 85.3 Å². The second-order valence-corrected chi connectivity index (χ2v) is 4.98. The Bertz CT molecular complexity index is 294. The molecule has 1 unspecified atom stereocenters. The van der Waals surface area contributed by atoms with Crippen LogP contribution in [0.5, 0.6) is 0 Å². The first kappa shape index (κ1) is 13.4. The number of hydrogen-bond acceptors (Lipinski definition) is 4. The Morgan fingerprint density at radius 2 is 2.14 bits per heavy atom. The van der Waals surface area contributed by atoms with Gasteiger partial charge in [0.1, 0.15) is 6.04 Å². The van der Waals surface area contributed by atoms with E-state index < -0.39 is 16.1 Å². The highest BCUT2D eigenvalue weighted by molar-refractivity contribution is 7.89. The fraction of sp³-hybridized carbons (Fsp3) is 0.875. The quantitative estimate of drug-likeness (QED) is 0.599. The van der Waals surface area contributed by atoms with Crippen molar-refractivity contribution in [3.05, 3.63) is 0 Å². The average molecular weight is 220 g/mol. The zero-order valence-electron chi connectivity index (χ0n) is 8.73. The lowest BCUT2D eigenvalue weighted by atomic mass is 10.4. The monoisotopic (exact) mass is 220 g/mol. The molecule has 0 N–H and O–H groups in total. The fourth-order valence-corrected chi connectivity index (χ4v) is 1.92. The van der Waals surface area contributed by atoms with E-state index in [1.54, 1.807) is 6.92 Å². The minimum absolute atomic E-state index is 0.0800. The molecule has 0 rings (SSSR count). The van der Waals surface area contributed by atoms with E-state index in [9.17, 15) is 8.42 Å². The molecule has 0 heterocycles. The van der Waals surface area contributed by atoms with E-state index in [2.05, 4.69) is 0 Å². The third-order valence-electron chi connectivity index (χ3n) is 1.86. The van der Waals surface area contributed by atoms with Crippen LogP contribution in [-0.4, -0.2) is 44.8 Å². The van der Waals surface area contributed by atoms with Gasteiger partial charge in [0.15, 0.2) is 0 Å². The number of nitrogens with zero attached hydrogens (tertiary/aromatic N) is 2. The van der Waals surface area contributed by atoms with Crippen LogP contribution < -0.4 is 0 Å². The van der Waals surface area contributed by atoms with Crippen LogP contribution in [0, 0.1) is 11.3 Å². The molecule has 0 bridgehead atoms. The van der Waals surface area contributed by atoms with Gasteiger partial charge >= 0.3 is 0 Å². The van der Waals surface area contributed by atoms with Gasteiger partial charge in [0.05, 0.1) is 18.4 Å². The molecule has 0 saturated heterocycles. The van der Waals surface area contributed by atoms with Crippen molar-refractivity contribution >= 4 is 10.0 Å². The third kappa shape index (κ3) is 4.05. The second-order valence-electron chi connectivity index (χ2n) is 2.83. The standard InChI is InChI=1S/C8H16N2O3S/c1-4-13-5-6-14(11,12)10(3)8(2)7-9/h8H,4-6H2,1-3H3. The van der Waals surface area contributed by atoms with Gasteiger partial charge in [-0.05, 0) is 13.8 Å². The molecule has 0 aliphatic rings. The van der Waals surface area contributed by atoms with Gasteiger partial charge < -0.3 is 4.74 Å². The second kappa shape index (κ2) is 5.96. The molecule has 0 spiro atoms. The Balaban J connectivity index is 4.26. The molecule has 0 amide bonds. The summed E-state index contributed by atoms with van der Waals surface area (Å²) in [5, 5.41) is 8.55. The Morgan fingerprint density at radius 1 is 1.57 bits per heavy atom. The molecule has 0 saturated carbocycles. The summed E-state index contributed by atoms with van der Waals surface area (Å²) in [7, 11) is -1.96. The molecule has 14 heavy (non-hydrogen) atoms. The van der Waals surface area contributed by atoms with E-state index in [1.807, 2.05) is 6.07 Å². The molecule has 0 aliphatic carbocycles. The van der Waals surface area contributed by atoms with Crippen molar-refractivity contribution in [2.75, 3.05) is 26.0 Å². The summed E-state index contributed by atoms with van der Waals surface area (Å²) < 4.78 is 29.0. The smallest absolute Gasteiger partial charge is 0.217 e. The third-order valence-corrected chi connectivity index (χ3v) is 3.74. The van der Waals surface area contributed by atoms with Crippen molar-refractivity contribution < 1.29 is 13.2 Å². The van der Waals surface area contributed by atoms with Gasteiger partial charge in [0.25, 0.3) is 0 Å². The van der Waals surface area contributed by atoms with Crippen molar-refractivity contribution in [1.82, 2.24) is 4.31 Å². The Morgan fingerprint density at radius 3 is 2.57 bits per heavy atom. The first-order valence-corrected chi connectivity index (χ1v) is 5.99. The van der Waals surface area contributed by atoms with Crippen LogP contribution in [0.15, 0.2) is 0 Å². The van der Waals surface area contributed by atoms with Crippen LogP contribution in [0.2, 0.25) is 0 Å². The van der Waals surface area contributed by atoms with Gasteiger partial charge in [-0.1, -0.05) is 0 Å². The number of sulfonamides is 1. The van der Waals surface area contributed by atoms with Crippen molar-refractivity contribution in [3.63, 3.8) is 0 Å². The molecule has 0 aliphatic heterocycles. The van der Waals surface area contributed by atoms with Gasteiger partial charge in [-0.15, -0.1) is 0 Å². The lowest BCUT2D eigenvalue weighted by molar-refractivity contribution is 0.162. The van der Waals surface area contributed by atoms with Gasteiger partial charge in [0, 0.05) is 13.7 Å². The van der Waals surface area contributed by atoms with Crippen LogP contribution in [0.25, 0.3) is 0 Å². The molecule has 0 radical (unpaired) electrons. The highest BCUT2D eigenvalue weighted by Crippen LogP contribution is 2.03. The molecule has 0 aromatic rings. The van der Waals surface area contributed by atoms with E-state index in [4.69, 9.17) is 10.00 Å². The fourth-order valence-electron chi connectivity index (χ4n) is 0.775. The minimum atomic E-state index is -3.36. The van der Waals surface area contributed by atoms with E-state index in [0.29, 0.717) is 6.61 Å². The first-order chi connectivity index (χ1) is 6.45. The van der Waals surface area contributed by atoms with Crippen molar-refractivity contribution in [2.45, 2.75) is 19.9 Å². The number of nitriles is 1. The lowest BCUT2D eigenvalue weighted by Crippen LogP contribution is -2.36. The molecular formula is C8H16N2O3S. The number of hydrogen-bond donors (Lipinski definition) is 0. The summed E-state index contributed by atoms with van der Waals surface area (Å²) >= 11 is 0. The summed E-state index contributed by atoms with van der Waals surface area (Å²) in [6.07, 6.45) is 0. The van der Waals surface area contributed by atoms with Crippen molar-refractivity contribution in [3.8, 4) is 6.07 Å². The maximum absolute atomic E-state index is 11.5. The molecule has 5 nitrogen and oxygen atoms in total. The van der Waals surface area contributed by atoms with E-state index in [-0.39, 0.29) is 12.4 Å². The highest BCUT2D eigenvalue weighted by Gasteiger charge is 2.22. The maximum atomic E-state index is 11.5.